The summed E-state index contributed by atoms with van der Waals surface area (Å²) in [5.41, 5.74) is 9.52. The Labute approximate surface area is 131 Å². The minimum atomic E-state index is -0.459. The fraction of sp³-hybridized carbons (Fsp3) is 0.188. The van der Waals surface area contributed by atoms with Crippen LogP contribution in [0.4, 0.5) is 0 Å². The Bertz CT molecular complexity index is 822. The van der Waals surface area contributed by atoms with Crippen molar-refractivity contribution in [3.63, 3.8) is 0 Å². The molecule has 0 fully saturated rings. The van der Waals surface area contributed by atoms with Gasteiger partial charge >= 0.3 is 0 Å². The van der Waals surface area contributed by atoms with Gasteiger partial charge in [0.05, 0.1) is 6.20 Å². The van der Waals surface area contributed by atoms with Crippen LogP contribution in [0.5, 0.6) is 0 Å². The summed E-state index contributed by atoms with van der Waals surface area (Å²) in [6, 6.07) is 3.69. The molecule has 112 valence electrons. The number of hydrogen-bond acceptors (Lipinski definition) is 5. The van der Waals surface area contributed by atoms with Crippen molar-refractivity contribution >= 4 is 17.2 Å². The zero-order valence-corrected chi connectivity index (χ0v) is 13.1. The van der Waals surface area contributed by atoms with Crippen molar-refractivity contribution in [1.82, 2.24) is 9.97 Å². The van der Waals surface area contributed by atoms with E-state index in [2.05, 4.69) is 9.97 Å². The molecule has 2 N–H and O–H groups in total. The van der Waals surface area contributed by atoms with Crippen LogP contribution < -0.4 is 5.73 Å². The van der Waals surface area contributed by atoms with E-state index in [1.807, 2.05) is 25.3 Å². The second kappa shape index (κ2) is 5.73. The summed E-state index contributed by atoms with van der Waals surface area (Å²) in [5.74, 6) is -0.000495. The summed E-state index contributed by atoms with van der Waals surface area (Å²) >= 11 is 1.54. The molecule has 0 aliphatic heterocycles. The molecule has 0 spiro atoms. The van der Waals surface area contributed by atoms with E-state index in [9.17, 15) is 4.79 Å². The molecule has 1 aromatic carbocycles. The van der Waals surface area contributed by atoms with E-state index in [0.29, 0.717) is 17.9 Å². The average molecular weight is 313 g/mol. The van der Waals surface area contributed by atoms with Gasteiger partial charge in [0.2, 0.25) is 11.8 Å². The number of hydrogen-bond donors (Lipinski definition) is 1. The maximum absolute atomic E-state index is 11.8. The molecule has 6 heteroatoms. The molecule has 2 aromatic heterocycles. The summed E-state index contributed by atoms with van der Waals surface area (Å²) in [6.45, 7) is 3.94. The van der Waals surface area contributed by atoms with E-state index < -0.39 is 5.91 Å². The number of primary amides is 1. The summed E-state index contributed by atoms with van der Waals surface area (Å²) in [7, 11) is 0. The Morgan fingerprint density at radius 2 is 2.23 bits per heavy atom. The van der Waals surface area contributed by atoms with Gasteiger partial charge in [-0.25, -0.2) is 9.97 Å². The molecular formula is C16H15N3O2S. The van der Waals surface area contributed by atoms with Gasteiger partial charge in [0.1, 0.15) is 11.3 Å². The van der Waals surface area contributed by atoms with Gasteiger partial charge in [0, 0.05) is 27.8 Å². The molecule has 3 rings (SSSR count). The molecule has 3 aromatic rings. The van der Waals surface area contributed by atoms with Gasteiger partial charge in [0.15, 0.2) is 0 Å². The third-order valence-corrected chi connectivity index (χ3v) is 4.39. The first-order valence-corrected chi connectivity index (χ1v) is 7.77. The summed E-state index contributed by atoms with van der Waals surface area (Å²) in [4.78, 5) is 20.5. The van der Waals surface area contributed by atoms with Crippen molar-refractivity contribution in [2.75, 3.05) is 0 Å². The van der Waals surface area contributed by atoms with Gasteiger partial charge in [0.25, 0.3) is 0 Å². The average Bonchev–Trinajstić information content (AvgIpc) is 3.17. The predicted octanol–water partition coefficient (Wildman–Crippen LogP) is 3.43. The lowest BCUT2D eigenvalue weighted by Crippen LogP contribution is -2.14. The van der Waals surface area contributed by atoms with Crippen molar-refractivity contribution in [3.05, 3.63) is 46.8 Å². The number of carbonyl (C=O) groups excluding carboxylic acids is 1. The van der Waals surface area contributed by atoms with E-state index in [4.69, 9.17) is 10.2 Å². The van der Waals surface area contributed by atoms with Crippen molar-refractivity contribution in [3.8, 4) is 22.0 Å². The van der Waals surface area contributed by atoms with E-state index in [-0.39, 0.29) is 0 Å². The molecule has 0 unspecified atom stereocenters. The highest BCUT2D eigenvalue weighted by Gasteiger charge is 2.18. The molecule has 0 radical (unpaired) electrons. The number of aryl methyl sites for hydroxylation is 1. The lowest BCUT2D eigenvalue weighted by molar-refractivity contribution is 0.0999. The van der Waals surface area contributed by atoms with Crippen LogP contribution in [0.15, 0.2) is 34.4 Å². The molecule has 0 saturated heterocycles. The van der Waals surface area contributed by atoms with Crippen molar-refractivity contribution in [1.29, 1.82) is 0 Å². The van der Waals surface area contributed by atoms with Crippen molar-refractivity contribution in [2.45, 2.75) is 20.3 Å². The molecule has 2 heterocycles. The standard InChI is InChI=1S/C16H15N3O2S/c1-3-11-12(14(17)20)6-10(15-18-4-5-21-15)7-13(11)16-19-9(2)8-22-16/h4-8H,3H2,1-2H3,(H2,17,20). The van der Waals surface area contributed by atoms with Gasteiger partial charge in [-0.05, 0) is 31.0 Å². The van der Waals surface area contributed by atoms with Crippen LogP contribution in [-0.2, 0) is 6.42 Å². The molecular weight excluding hydrogens is 298 g/mol. The first kappa shape index (κ1) is 14.5. The highest BCUT2D eigenvalue weighted by atomic mass is 32.1. The first-order chi connectivity index (χ1) is 10.6. The quantitative estimate of drug-likeness (QED) is 0.800. The maximum atomic E-state index is 11.8. The zero-order chi connectivity index (χ0) is 15.7. The normalized spacial score (nSPS) is 10.8. The molecule has 0 aliphatic carbocycles. The van der Waals surface area contributed by atoms with Gasteiger partial charge < -0.3 is 10.2 Å². The van der Waals surface area contributed by atoms with Crippen LogP contribution in [0, 0.1) is 6.92 Å². The van der Waals surface area contributed by atoms with Gasteiger partial charge in [-0.2, -0.15) is 0 Å². The minimum absolute atomic E-state index is 0.458. The largest absolute Gasteiger partial charge is 0.445 e. The van der Waals surface area contributed by atoms with Crippen LogP contribution in [0.2, 0.25) is 0 Å². The topological polar surface area (TPSA) is 82.0 Å². The number of aromatic nitrogens is 2. The van der Waals surface area contributed by atoms with Gasteiger partial charge in [-0.3, -0.25) is 4.79 Å². The Morgan fingerprint density at radius 3 is 2.77 bits per heavy atom. The molecule has 0 aliphatic rings. The van der Waals surface area contributed by atoms with Crippen LogP contribution >= 0.6 is 11.3 Å². The maximum Gasteiger partial charge on any atom is 0.249 e. The van der Waals surface area contributed by atoms with Crippen LogP contribution in [0.3, 0.4) is 0 Å². The van der Waals surface area contributed by atoms with E-state index in [1.54, 1.807) is 23.6 Å². The fourth-order valence-corrected chi connectivity index (χ4v) is 3.27. The molecule has 22 heavy (non-hydrogen) atoms. The lowest BCUT2D eigenvalue weighted by atomic mass is 9.95. The molecule has 1 amide bonds. The number of rotatable bonds is 4. The molecule has 0 saturated carbocycles. The van der Waals surface area contributed by atoms with Crippen molar-refractivity contribution < 1.29 is 9.21 Å². The Kier molecular flexibility index (Phi) is 3.77. The number of carbonyl (C=O) groups is 1. The number of thiazole rings is 1. The second-order valence-electron chi connectivity index (χ2n) is 4.90. The summed E-state index contributed by atoms with van der Waals surface area (Å²) in [6.07, 6.45) is 3.76. The van der Waals surface area contributed by atoms with Crippen molar-refractivity contribution in [2.24, 2.45) is 5.73 Å². The second-order valence-corrected chi connectivity index (χ2v) is 5.76. The molecule has 0 bridgehead atoms. The lowest BCUT2D eigenvalue weighted by Gasteiger charge is -2.12. The van der Waals surface area contributed by atoms with Gasteiger partial charge in [-0.1, -0.05) is 6.92 Å². The first-order valence-electron chi connectivity index (χ1n) is 6.89. The van der Waals surface area contributed by atoms with E-state index in [1.165, 1.54) is 6.26 Å². The fourth-order valence-electron chi connectivity index (χ4n) is 2.43. The predicted molar refractivity (Wildman–Crippen MR) is 85.7 cm³/mol. The molecule has 5 nitrogen and oxygen atoms in total. The smallest absolute Gasteiger partial charge is 0.249 e. The Balaban J connectivity index is 2.28. The monoisotopic (exact) mass is 313 g/mol. The Morgan fingerprint density at radius 1 is 1.41 bits per heavy atom. The van der Waals surface area contributed by atoms with Crippen LogP contribution in [0.1, 0.15) is 28.5 Å². The third-order valence-electron chi connectivity index (χ3n) is 3.40. The number of nitrogens with zero attached hydrogens (tertiary/aromatic N) is 2. The highest BCUT2D eigenvalue weighted by Crippen LogP contribution is 2.34. The Hall–Kier alpha value is -2.47. The van der Waals surface area contributed by atoms with Crippen LogP contribution in [0.25, 0.3) is 22.0 Å². The number of oxazole rings is 1. The number of nitrogens with two attached hydrogens (primary N) is 1. The van der Waals surface area contributed by atoms with E-state index >= 15 is 0 Å². The molecule has 0 atom stereocenters. The summed E-state index contributed by atoms with van der Waals surface area (Å²) < 4.78 is 5.34. The minimum Gasteiger partial charge on any atom is -0.445 e. The highest BCUT2D eigenvalue weighted by molar-refractivity contribution is 7.13. The van der Waals surface area contributed by atoms with Gasteiger partial charge in [-0.15, -0.1) is 11.3 Å². The SMILES string of the molecule is CCc1c(C(N)=O)cc(-c2ncco2)cc1-c1nc(C)cs1. The third kappa shape index (κ3) is 2.53. The number of benzene rings is 1. The number of amides is 1. The van der Waals surface area contributed by atoms with E-state index in [0.717, 1.165) is 27.4 Å². The zero-order valence-electron chi connectivity index (χ0n) is 12.3. The summed E-state index contributed by atoms with van der Waals surface area (Å²) in [5, 5.41) is 2.85. The van der Waals surface area contributed by atoms with Crippen LogP contribution in [-0.4, -0.2) is 15.9 Å².